The fraction of sp³-hybridized carbons (Fsp3) is 0.419. The van der Waals surface area contributed by atoms with Crippen LogP contribution in [0.15, 0.2) is 54.7 Å². The summed E-state index contributed by atoms with van der Waals surface area (Å²) in [5.74, 6) is -4.64. The Balaban J connectivity index is 2.00. The van der Waals surface area contributed by atoms with Crippen molar-refractivity contribution in [2.75, 3.05) is 0 Å². The van der Waals surface area contributed by atoms with Crippen LogP contribution < -0.4 is 0 Å². The Labute approximate surface area is 242 Å². The number of carbonyl (C=O) groups excluding carboxylic acids is 4. The molecule has 4 N–H and O–H groups in total. The van der Waals surface area contributed by atoms with Crippen molar-refractivity contribution in [3.05, 3.63) is 71.4 Å². The molecule has 4 rings (SSSR count). The fourth-order valence-corrected chi connectivity index (χ4v) is 7.83. The summed E-state index contributed by atoms with van der Waals surface area (Å²) in [5.41, 5.74) is -6.21. The van der Waals surface area contributed by atoms with E-state index >= 15 is 0 Å². The van der Waals surface area contributed by atoms with Crippen molar-refractivity contribution < 1.29 is 39.6 Å². The summed E-state index contributed by atoms with van der Waals surface area (Å²) in [6, 6.07) is 15.2. The van der Waals surface area contributed by atoms with Gasteiger partial charge in [-0.1, -0.05) is 49.4 Å². The number of aryl methyl sites for hydroxylation is 1. The van der Waals surface area contributed by atoms with Crippen molar-refractivity contribution >= 4 is 45.8 Å². The molecule has 218 valence electrons. The van der Waals surface area contributed by atoms with Crippen LogP contribution in [0.2, 0.25) is 0 Å². The molecule has 0 aliphatic carbocycles. The number of fused-ring (bicyclic) bond motifs is 1. The van der Waals surface area contributed by atoms with E-state index in [1.54, 1.807) is 18.3 Å². The molecule has 1 unspecified atom stereocenters. The molecule has 0 radical (unpaired) electrons. The number of aliphatic hydroxyl groups is 4. The Hall–Kier alpha value is -3.15. The lowest BCUT2D eigenvalue weighted by atomic mass is 9.62. The number of thioether (sulfide) groups is 1. The predicted molar refractivity (Wildman–Crippen MR) is 155 cm³/mol. The lowest BCUT2D eigenvalue weighted by Crippen LogP contribution is -2.83. The number of rotatable bonds is 9. The molecule has 1 aromatic heterocycles. The van der Waals surface area contributed by atoms with Crippen LogP contribution in [0.25, 0.3) is 10.9 Å². The predicted octanol–water partition coefficient (Wildman–Crippen LogP) is 2.32. The van der Waals surface area contributed by atoms with Gasteiger partial charge in [0, 0.05) is 17.1 Å². The first-order valence-electron chi connectivity index (χ1n) is 13.4. The van der Waals surface area contributed by atoms with Gasteiger partial charge in [0.2, 0.25) is 0 Å². The van der Waals surface area contributed by atoms with Gasteiger partial charge in [0.25, 0.3) is 0 Å². The summed E-state index contributed by atoms with van der Waals surface area (Å²) in [6.07, 6.45) is 1.34. The number of hydrogen-bond donors (Lipinski definition) is 4. The Bertz CT molecular complexity index is 1530. The van der Waals surface area contributed by atoms with Crippen molar-refractivity contribution in [2.24, 2.45) is 0 Å². The molecule has 10 heteroatoms. The average Bonchev–Trinajstić information content (AvgIpc) is 3.29. The number of hydrogen-bond acceptors (Lipinski definition) is 9. The van der Waals surface area contributed by atoms with Gasteiger partial charge in [-0.25, -0.2) is 0 Å². The number of para-hydroxylation sites is 1. The number of ketones is 4. The molecule has 1 saturated heterocycles. The fourth-order valence-electron chi connectivity index (χ4n) is 5.87. The van der Waals surface area contributed by atoms with Crippen LogP contribution in [-0.4, -0.2) is 76.3 Å². The van der Waals surface area contributed by atoms with E-state index in [1.807, 2.05) is 36.4 Å². The molecule has 1 aliphatic heterocycles. The Morgan fingerprint density at radius 3 is 1.95 bits per heavy atom. The molecule has 9 nitrogen and oxygen atoms in total. The summed E-state index contributed by atoms with van der Waals surface area (Å²) < 4.78 is 1.49. The van der Waals surface area contributed by atoms with Gasteiger partial charge in [-0.3, -0.25) is 19.2 Å². The molecule has 0 bridgehead atoms. The van der Waals surface area contributed by atoms with Crippen LogP contribution in [0, 0.1) is 0 Å². The maximum absolute atomic E-state index is 13.3. The smallest absolute Gasteiger partial charge is 0.199 e. The maximum Gasteiger partial charge on any atom is 0.199 e. The van der Waals surface area contributed by atoms with Crippen molar-refractivity contribution in [3.8, 4) is 0 Å². The summed E-state index contributed by atoms with van der Waals surface area (Å²) in [7, 11) is 0. The molecular weight excluding hydrogens is 546 g/mol. The van der Waals surface area contributed by atoms with Crippen LogP contribution in [0.1, 0.15) is 56.7 Å². The number of aliphatic hydroxyl groups excluding tert-OH is 1. The first kappa shape index (κ1) is 30.8. The maximum atomic E-state index is 13.3. The van der Waals surface area contributed by atoms with Gasteiger partial charge in [-0.2, -0.15) is 0 Å². The highest BCUT2D eigenvalue weighted by atomic mass is 32.2. The highest BCUT2D eigenvalue weighted by molar-refractivity contribution is 8.01. The van der Waals surface area contributed by atoms with E-state index in [-0.39, 0.29) is 0 Å². The molecule has 0 spiro atoms. The Kier molecular flexibility index (Phi) is 8.20. The van der Waals surface area contributed by atoms with Gasteiger partial charge in [0.1, 0.15) is 16.7 Å². The Morgan fingerprint density at radius 1 is 0.878 bits per heavy atom. The van der Waals surface area contributed by atoms with Crippen LogP contribution in [-0.2, 0) is 32.0 Å². The molecule has 0 saturated carbocycles. The number of nitrogens with zero attached hydrogens (tertiary/aromatic N) is 1. The minimum atomic E-state index is -3.43. The first-order chi connectivity index (χ1) is 19.2. The summed E-state index contributed by atoms with van der Waals surface area (Å²) in [5, 5.41) is 43.3. The Morgan fingerprint density at radius 2 is 1.44 bits per heavy atom. The lowest BCUT2D eigenvalue weighted by Gasteiger charge is -2.57. The SMILES string of the molecule is CCc1ccc(Cc2cn([C@H]3S[C@@H](C(=O)C(C)O)[C@](O)(C(C)=O)[C@@](O)(C(C)=O)[C@]3(O)C(C)=O)c3ccccc23)cc1. The van der Waals surface area contributed by atoms with Gasteiger partial charge in [0.05, 0.1) is 0 Å². The molecule has 0 amide bonds. The van der Waals surface area contributed by atoms with Crippen molar-refractivity contribution in [1.82, 2.24) is 4.57 Å². The minimum absolute atomic E-state index is 0.470. The van der Waals surface area contributed by atoms with Crippen molar-refractivity contribution in [2.45, 2.75) is 81.0 Å². The number of carbonyl (C=O) groups is 4. The minimum Gasteiger partial charge on any atom is -0.386 e. The second-order valence-corrected chi connectivity index (χ2v) is 12.0. The van der Waals surface area contributed by atoms with E-state index in [9.17, 15) is 39.6 Å². The molecule has 41 heavy (non-hydrogen) atoms. The highest BCUT2D eigenvalue weighted by Gasteiger charge is 2.79. The number of aromatic nitrogens is 1. The second-order valence-electron chi connectivity index (χ2n) is 10.8. The molecular formula is C31H35NO8S. The van der Waals surface area contributed by atoms with Gasteiger partial charge in [-0.05, 0) is 63.3 Å². The zero-order chi connectivity index (χ0) is 30.5. The van der Waals surface area contributed by atoms with Crippen molar-refractivity contribution in [3.63, 3.8) is 0 Å². The van der Waals surface area contributed by atoms with Crippen LogP contribution in [0.4, 0.5) is 0 Å². The monoisotopic (exact) mass is 581 g/mol. The summed E-state index contributed by atoms with van der Waals surface area (Å²) in [6.45, 7) is 5.82. The zero-order valence-corrected chi connectivity index (χ0v) is 24.4. The van der Waals surface area contributed by atoms with Gasteiger partial charge < -0.3 is 25.0 Å². The standard InChI is InChI=1S/C31H35NO8S/c1-6-21-11-13-22(14-12-21)15-23-16-32(25-10-8-7-9-24(23)25)28-30(39,19(4)35)31(40,20(5)36)29(38,18(3)34)27(41-28)26(37)17(2)33/h7-14,16-17,27-28,33,38-40H,6,15H2,1-5H3/t17?,27-,28-,29+,30-,31-/m0/s1. The average molecular weight is 582 g/mol. The summed E-state index contributed by atoms with van der Waals surface area (Å²) >= 11 is 0.550. The van der Waals surface area contributed by atoms with Crippen LogP contribution >= 0.6 is 11.8 Å². The van der Waals surface area contributed by atoms with E-state index < -0.39 is 56.7 Å². The third-order valence-corrected chi connectivity index (χ3v) is 9.93. The molecule has 1 fully saturated rings. The largest absolute Gasteiger partial charge is 0.386 e. The third kappa shape index (κ3) is 4.49. The van der Waals surface area contributed by atoms with E-state index in [4.69, 9.17) is 0 Å². The molecule has 3 aromatic rings. The number of benzene rings is 2. The zero-order valence-electron chi connectivity index (χ0n) is 23.6. The highest BCUT2D eigenvalue weighted by Crippen LogP contribution is 2.57. The molecule has 2 aromatic carbocycles. The van der Waals surface area contributed by atoms with Gasteiger partial charge >= 0.3 is 0 Å². The quantitative estimate of drug-likeness (QED) is 0.298. The lowest BCUT2D eigenvalue weighted by molar-refractivity contribution is -0.235. The van der Waals surface area contributed by atoms with Crippen LogP contribution in [0.3, 0.4) is 0 Å². The summed E-state index contributed by atoms with van der Waals surface area (Å²) in [4.78, 5) is 52.7. The first-order valence-corrected chi connectivity index (χ1v) is 14.3. The topological polar surface area (TPSA) is 154 Å². The van der Waals surface area contributed by atoms with E-state index in [0.717, 1.165) is 50.6 Å². The van der Waals surface area contributed by atoms with Crippen LogP contribution in [0.5, 0.6) is 0 Å². The normalized spacial score (nSPS) is 28.8. The van der Waals surface area contributed by atoms with E-state index in [1.165, 1.54) is 10.1 Å². The van der Waals surface area contributed by atoms with Gasteiger partial charge in [-0.15, -0.1) is 11.8 Å². The second kappa shape index (κ2) is 10.9. The van der Waals surface area contributed by atoms with Crippen molar-refractivity contribution in [1.29, 1.82) is 0 Å². The molecule has 1 aliphatic rings. The molecule has 2 heterocycles. The number of Topliss-reactive ketones (excluding diaryl/α,β-unsaturated/α-hetero) is 4. The third-order valence-electron chi connectivity index (χ3n) is 8.26. The molecule has 6 atom stereocenters. The van der Waals surface area contributed by atoms with E-state index in [2.05, 4.69) is 6.92 Å². The van der Waals surface area contributed by atoms with Gasteiger partial charge in [0.15, 0.2) is 39.9 Å². The van der Waals surface area contributed by atoms with E-state index in [0.29, 0.717) is 23.7 Å².